The zero-order valence-electron chi connectivity index (χ0n) is 11.6. The second-order valence-corrected chi connectivity index (χ2v) is 5.70. The minimum absolute atomic E-state index is 0.0648. The van der Waals surface area contributed by atoms with Gasteiger partial charge in [0.1, 0.15) is 5.75 Å². The molecule has 0 saturated carbocycles. The van der Waals surface area contributed by atoms with Crippen LogP contribution < -0.4 is 0 Å². The molecule has 3 nitrogen and oxygen atoms in total. The number of hydrogen-bond acceptors (Lipinski definition) is 2. The van der Waals surface area contributed by atoms with Gasteiger partial charge in [0.2, 0.25) is 0 Å². The van der Waals surface area contributed by atoms with Crippen molar-refractivity contribution in [1.29, 1.82) is 0 Å². The molecule has 0 atom stereocenters. The molecule has 1 amide bonds. The van der Waals surface area contributed by atoms with Crippen molar-refractivity contribution in [2.45, 2.75) is 19.4 Å². The molecule has 0 bridgehead atoms. The molecule has 1 heterocycles. The lowest BCUT2D eigenvalue weighted by Crippen LogP contribution is -2.30. The largest absolute Gasteiger partial charge is 0.507 e. The Morgan fingerprint density at radius 1 is 1.14 bits per heavy atom. The number of hydrogen-bond donors (Lipinski definition) is 1. The number of nitrogens with zero attached hydrogens (tertiary/aromatic N) is 1. The van der Waals surface area contributed by atoms with Crippen LogP contribution in [0.2, 0.25) is 5.02 Å². The Balaban J connectivity index is 1.88. The fraction of sp³-hybridized carbons (Fsp3) is 0.235. The van der Waals surface area contributed by atoms with E-state index in [-0.39, 0.29) is 11.7 Å². The number of phenolic OH excluding ortho intramolecular Hbond substituents is 1. The molecule has 0 radical (unpaired) electrons. The molecule has 21 heavy (non-hydrogen) atoms. The molecule has 2 aromatic rings. The number of aryl methyl sites for hydroxylation is 1. The van der Waals surface area contributed by atoms with Crippen LogP contribution in [0, 0.1) is 0 Å². The van der Waals surface area contributed by atoms with Crippen molar-refractivity contribution in [3.8, 4) is 5.75 Å². The zero-order valence-corrected chi connectivity index (χ0v) is 12.3. The lowest BCUT2D eigenvalue weighted by Gasteiger charge is -2.21. The fourth-order valence-electron chi connectivity index (χ4n) is 2.73. The molecule has 0 spiro atoms. The van der Waals surface area contributed by atoms with E-state index in [1.54, 1.807) is 17.0 Å². The second kappa shape index (κ2) is 5.78. The highest BCUT2D eigenvalue weighted by Gasteiger charge is 2.22. The molecule has 0 aromatic heterocycles. The average Bonchev–Trinajstić information content (AvgIpc) is 2.68. The van der Waals surface area contributed by atoms with Gasteiger partial charge in [-0.15, -0.1) is 0 Å². The topological polar surface area (TPSA) is 40.5 Å². The molecule has 0 fully saturated rings. The van der Waals surface area contributed by atoms with Gasteiger partial charge in [-0.2, -0.15) is 0 Å². The van der Waals surface area contributed by atoms with Crippen LogP contribution in [0.15, 0.2) is 42.5 Å². The molecule has 1 aliphatic rings. The average molecular weight is 302 g/mol. The number of fused-ring (bicyclic) bond motifs is 1. The smallest absolute Gasteiger partial charge is 0.257 e. The van der Waals surface area contributed by atoms with Crippen LogP contribution in [0.3, 0.4) is 0 Å². The highest BCUT2D eigenvalue weighted by atomic mass is 35.5. The van der Waals surface area contributed by atoms with Gasteiger partial charge in [-0.3, -0.25) is 4.79 Å². The van der Waals surface area contributed by atoms with Crippen LogP contribution in [0.1, 0.15) is 27.9 Å². The Kier molecular flexibility index (Phi) is 3.84. The molecule has 108 valence electrons. The van der Waals surface area contributed by atoms with Crippen molar-refractivity contribution in [2.24, 2.45) is 0 Å². The van der Waals surface area contributed by atoms with Crippen molar-refractivity contribution >= 4 is 17.5 Å². The number of phenols is 1. The highest BCUT2D eigenvalue weighted by molar-refractivity contribution is 6.30. The summed E-state index contributed by atoms with van der Waals surface area (Å²) in [6, 6.07) is 12.8. The first-order chi connectivity index (χ1) is 10.1. The number of rotatable bonds is 1. The van der Waals surface area contributed by atoms with E-state index in [4.69, 9.17) is 11.6 Å². The third-order valence-corrected chi connectivity index (χ3v) is 4.07. The summed E-state index contributed by atoms with van der Waals surface area (Å²) >= 11 is 5.82. The lowest BCUT2D eigenvalue weighted by molar-refractivity contribution is 0.0743. The van der Waals surface area contributed by atoms with E-state index in [0.29, 0.717) is 23.7 Å². The number of carbonyl (C=O) groups excluding carboxylic acids is 1. The van der Waals surface area contributed by atoms with Gasteiger partial charge in [0, 0.05) is 18.1 Å². The standard InChI is InChI=1S/C17H16ClNO2/c18-14-7-8-15(16(20)10-14)17(21)19-9-3-6-12-4-1-2-5-13(12)11-19/h1-2,4-5,7-8,10,20H,3,6,9,11H2. The number of carbonyl (C=O) groups is 1. The maximum atomic E-state index is 12.6. The van der Waals surface area contributed by atoms with Crippen LogP contribution in [0.4, 0.5) is 0 Å². The Morgan fingerprint density at radius 2 is 1.90 bits per heavy atom. The van der Waals surface area contributed by atoms with E-state index < -0.39 is 0 Å². The number of benzene rings is 2. The third-order valence-electron chi connectivity index (χ3n) is 3.83. The minimum atomic E-state index is -0.152. The lowest BCUT2D eigenvalue weighted by atomic mass is 10.0. The molecule has 3 rings (SSSR count). The summed E-state index contributed by atoms with van der Waals surface area (Å²) in [7, 11) is 0. The van der Waals surface area contributed by atoms with E-state index in [1.807, 2.05) is 12.1 Å². The zero-order chi connectivity index (χ0) is 14.8. The Bertz CT molecular complexity index is 684. The number of halogens is 1. The summed E-state index contributed by atoms with van der Waals surface area (Å²) in [5.41, 5.74) is 2.78. The Morgan fingerprint density at radius 3 is 2.67 bits per heavy atom. The molecular weight excluding hydrogens is 286 g/mol. The first kappa shape index (κ1) is 14.0. The van der Waals surface area contributed by atoms with Crippen molar-refractivity contribution < 1.29 is 9.90 Å². The van der Waals surface area contributed by atoms with Crippen LogP contribution in [0.5, 0.6) is 5.75 Å². The fourth-order valence-corrected chi connectivity index (χ4v) is 2.90. The molecule has 0 saturated heterocycles. The van der Waals surface area contributed by atoms with Crippen molar-refractivity contribution in [2.75, 3.05) is 6.54 Å². The molecular formula is C17H16ClNO2. The first-order valence-corrected chi connectivity index (χ1v) is 7.37. The summed E-state index contributed by atoms with van der Waals surface area (Å²) in [5.74, 6) is -0.217. The second-order valence-electron chi connectivity index (χ2n) is 5.26. The first-order valence-electron chi connectivity index (χ1n) is 7.00. The number of aromatic hydroxyl groups is 1. The molecule has 0 aliphatic carbocycles. The van der Waals surface area contributed by atoms with Gasteiger partial charge in [0.15, 0.2) is 0 Å². The van der Waals surface area contributed by atoms with Crippen LogP contribution >= 0.6 is 11.6 Å². The van der Waals surface area contributed by atoms with E-state index in [1.165, 1.54) is 17.2 Å². The predicted octanol–water partition coefficient (Wildman–Crippen LogP) is 3.63. The van der Waals surface area contributed by atoms with E-state index >= 15 is 0 Å². The van der Waals surface area contributed by atoms with Crippen molar-refractivity contribution in [1.82, 2.24) is 4.90 Å². The monoisotopic (exact) mass is 301 g/mol. The third kappa shape index (κ3) is 2.88. The molecule has 1 N–H and O–H groups in total. The van der Waals surface area contributed by atoms with Gasteiger partial charge in [-0.1, -0.05) is 35.9 Å². The van der Waals surface area contributed by atoms with Gasteiger partial charge < -0.3 is 10.0 Å². The van der Waals surface area contributed by atoms with E-state index in [9.17, 15) is 9.90 Å². The molecule has 2 aromatic carbocycles. The van der Waals surface area contributed by atoms with E-state index in [0.717, 1.165) is 12.8 Å². The molecule has 0 unspecified atom stereocenters. The summed E-state index contributed by atoms with van der Waals surface area (Å²) in [4.78, 5) is 14.4. The quantitative estimate of drug-likeness (QED) is 0.873. The predicted molar refractivity (Wildman–Crippen MR) is 82.6 cm³/mol. The van der Waals surface area contributed by atoms with Crippen LogP contribution in [-0.2, 0) is 13.0 Å². The molecule has 4 heteroatoms. The summed E-state index contributed by atoms with van der Waals surface area (Å²) in [6.45, 7) is 1.27. The van der Waals surface area contributed by atoms with Crippen LogP contribution in [0.25, 0.3) is 0 Å². The van der Waals surface area contributed by atoms with Gasteiger partial charge >= 0.3 is 0 Å². The van der Waals surface area contributed by atoms with Gasteiger partial charge in [-0.05, 0) is 42.2 Å². The van der Waals surface area contributed by atoms with Gasteiger partial charge in [0.25, 0.3) is 5.91 Å². The maximum absolute atomic E-state index is 12.6. The van der Waals surface area contributed by atoms with Gasteiger partial charge in [-0.25, -0.2) is 0 Å². The summed E-state index contributed by atoms with van der Waals surface area (Å²) in [6.07, 6.45) is 1.91. The van der Waals surface area contributed by atoms with Crippen LogP contribution in [-0.4, -0.2) is 22.5 Å². The highest BCUT2D eigenvalue weighted by Crippen LogP contribution is 2.25. The minimum Gasteiger partial charge on any atom is -0.507 e. The Labute approximate surface area is 128 Å². The van der Waals surface area contributed by atoms with Crippen molar-refractivity contribution in [3.05, 3.63) is 64.2 Å². The van der Waals surface area contributed by atoms with E-state index in [2.05, 4.69) is 12.1 Å². The SMILES string of the molecule is O=C(c1ccc(Cl)cc1O)N1CCCc2ccccc2C1. The normalized spacial score (nSPS) is 14.4. The number of amides is 1. The Hall–Kier alpha value is -2.00. The summed E-state index contributed by atoms with van der Waals surface area (Å²) in [5, 5.41) is 10.3. The van der Waals surface area contributed by atoms with Gasteiger partial charge in [0.05, 0.1) is 5.56 Å². The maximum Gasteiger partial charge on any atom is 0.257 e. The van der Waals surface area contributed by atoms with Crippen molar-refractivity contribution in [3.63, 3.8) is 0 Å². The molecule has 1 aliphatic heterocycles. The summed E-state index contributed by atoms with van der Waals surface area (Å²) < 4.78 is 0.